The van der Waals surface area contributed by atoms with Crippen LogP contribution in [0.2, 0.25) is 0 Å². The van der Waals surface area contributed by atoms with Gasteiger partial charge in [0.15, 0.2) is 0 Å². The largest absolute Gasteiger partial charge is 0.440 e. The Labute approximate surface area is 107 Å². The van der Waals surface area contributed by atoms with E-state index in [1.165, 1.54) is 0 Å². The first-order chi connectivity index (χ1) is 8.25. The number of carbonyl (C=O) groups is 1. The van der Waals surface area contributed by atoms with Gasteiger partial charge < -0.3 is 4.74 Å². The summed E-state index contributed by atoms with van der Waals surface area (Å²) in [6, 6.07) is 15.2. The molecule has 0 amide bonds. The Kier molecular flexibility index (Phi) is 2.48. The second kappa shape index (κ2) is 4.00. The predicted molar refractivity (Wildman–Crippen MR) is 67.4 cm³/mol. The molecule has 0 aromatic heterocycles. The number of hydrogen-bond acceptors (Lipinski definition) is 2. The number of rotatable bonds is 1. The van der Waals surface area contributed by atoms with Gasteiger partial charge in [-0.05, 0) is 18.2 Å². The van der Waals surface area contributed by atoms with E-state index in [0.717, 1.165) is 15.6 Å². The Hall–Kier alpha value is -1.61. The molecule has 0 fully saturated rings. The highest BCUT2D eigenvalue weighted by atomic mass is 79.9. The molecule has 0 unspecified atom stereocenters. The van der Waals surface area contributed by atoms with Crippen molar-refractivity contribution in [2.24, 2.45) is 0 Å². The second-order valence-corrected chi connectivity index (χ2v) is 4.69. The molecule has 0 spiro atoms. The summed E-state index contributed by atoms with van der Waals surface area (Å²) in [7, 11) is 0. The summed E-state index contributed by atoms with van der Waals surface area (Å²) >= 11 is 3.40. The van der Waals surface area contributed by atoms with Gasteiger partial charge >= 0.3 is 5.97 Å². The van der Waals surface area contributed by atoms with Crippen LogP contribution in [0.3, 0.4) is 0 Å². The van der Waals surface area contributed by atoms with Gasteiger partial charge in [-0.2, -0.15) is 0 Å². The molecule has 83 valence electrons. The monoisotopic (exact) mass is 287 g/mol. The molecular formula is C14H8BrO2. The lowest BCUT2D eigenvalue weighted by Gasteiger charge is -2.08. The van der Waals surface area contributed by atoms with Crippen LogP contribution in [0.15, 0.2) is 53.0 Å². The zero-order valence-corrected chi connectivity index (χ0v) is 10.4. The van der Waals surface area contributed by atoms with E-state index in [1.54, 1.807) is 6.07 Å². The molecule has 2 aromatic carbocycles. The number of halogens is 1. The van der Waals surface area contributed by atoms with Crippen molar-refractivity contribution >= 4 is 21.9 Å². The normalized spacial score (nSPS) is 14.5. The van der Waals surface area contributed by atoms with Gasteiger partial charge in [0.1, 0.15) is 0 Å². The molecule has 3 heteroatoms. The van der Waals surface area contributed by atoms with E-state index in [9.17, 15) is 4.79 Å². The van der Waals surface area contributed by atoms with Crippen molar-refractivity contribution in [1.82, 2.24) is 0 Å². The maximum atomic E-state index is 11.7. The highest BCUT2D eigenvalue weighted by Gasteiger charge is 2.33. The smallest absolute Gasteiger partial charge is 0.339 e. The summed E-state index contributed by atoms with van der Waals surface area (Å²) in [4.78, 5) is 11.7. The molecule has 1 radical (unpaired) electrons. The first kappa shape index (κ1) is 10.5. The van der Waals surface area contributed by atoms with Crippen LogP contribution in [0.4, 0.5) is 0 Å². The molecule has 0 saturated carbocycles. The molecule has 3 rings (SSSR count). The fraction of sp³-hybridized carbons (Fsp3) is 0. The molecule has 17 heavy (non-hydrogen) atoms. The summed E-state index contributed by atoms with van der Waals surface area (Å²) in [5, 5.41) is 0. The van der Waals surface area contributed by atoms with E-state index in [-0.39, 0.29) is 5.97 Å². The van der Waals surface area contributed by atoms with Crippen molar-refractivity contribution in [2.75, 3.05) is 0 Å². The first-order valence-corrected chi connectivity index (χ1v) is 5.99. The van der Waals surface area contributed by atoms with E-state index in [4.69, 9.17) is 4.74 Å². The molecule has 1 aliphatic heterocycles. The van der Waals surface area contributed by atoms with Crippen LogP contribution in [0, 0.1) is 6.10 Å². The minimum atomic E-state index is -0.286. The summed E-state index contributed by atoms with van der Waals surface area (Å²) in [6.45, 7) is 0. The lowest BCUT2D eigenvalue weighted by atomic mass is 9.99. The topological polar surface area (TPSA) is 26.3 Å². The van der Waals surface area contributed by atoms with Crippen LogP contribution < -0.4 is 0 Å². The number of hydrogen-bond donors (Lipinski definition) is 0. The van der Waals surface area contributed by atoms with Crippen molar-refractivity contribution in [1.29, 1.82) is 0 Å². The van der Waals surface area contributed by atoms with Crippen molar-refractivity contribution in [2.45, 2.75) is 0 Å². The van der Waals surface area contributed by atoms with E-state index in [2.05, 4.69) is 15.9 Å². The summed E-state index contributed by atoms with van der Waals surface area (Å²) in [6.07, 6.45) is 0.631. The zero-order chi connectivity index (χ0) is 11.8. The number of ether oxygens (including phenoxy) is 1. The van der Waals surface area contributed by atoms with Gasteiger partial charge in [0.25, 0.3) is 0 Å². The molecule has 0 atom stereocenters. The Morgan fingerprint density at radius 1 is 0.941 bits per heavy atom. The van der Waals surface area contributed by atoms with Gasteiger partial charge in [-0.1, -0.05) is 46.3 Å². The Bertz CT molecular complexity index is 578. The van der Waals surface area contributed by atoms with Gasteiger partial charge in [-0.15, -0.1) is 0 Å². The fourth-order valence-electron chi connectivity index (χ4n) is 1.89. The molecule has 2 aromatic rings. The van der Waals surface area contributed by atoms with Crippen LogP contribution >= 0.6 is 15.9 Å². The average molecular weight is 288 g/mol. The number of benzene rings is 2. The zero-order valence-electron chi connectivity index (χ0n) is 8.81. The number of carbonyl (C=O) groups excluding carboxylic acids is 1. The third kappa shape index (κ3) is 1.76. The summed E-state index contributed by atoms with van der Waals surface area (Å²) < 4.78 is 6.26. The molecule has 2 nitrogen and oxygen atoms in total. The maximum Gasteiger partial charge on any atom is 0.339 e. The Morgan fingerprint density at radius 2 is 1.71 bits per heavy atom. The lowest BCUT2D eigenvalue weighted by Crippen LogP contribution is -2.01. The third-order valence-electron chi connectivity index (χ3n) is 2.68. The van der Waals surface area contributed by atoms with Crippen LogP contribution in [0.1, 0.15) is 21.5 Å². The number of fused-ring (bicyclic) bond motifs is 1. The van der Waals surface area contributed by atoms with Crippen molar-refractivity contribution in [3.63, 3.8) is 0 Å². The molecule has 0 bridgehead atoms. The van der Waals surface area contributed by atoms with E-state index in [0.29, 0.717) is 11.7 Å². The highest BCUT2D eigenvalue weighted by molar-refractivity contribution is 9.10. The predicted octanol–water partition coefficient (Wildman–Crippen LogP) is 3.55. The minimum absolute atomic E-state index is 0.286. The van der Waals surface area contributed by atoms with Crippen LogP contribution in [0.25, 0.3) is 0 Å². The number of esters is 1. The molecule has 0 N–H and O–H groups in total. The Morgan fingerprint density at radius 3 is 2.47 bits per heavy atom. The highest BCUT2D eigenvalue weighted by Crippen LogP contribution is 2.36. The molecular weight excluding hydrogens is 280 g/mol. The Balaban J connectivity index is 2.13. The van der Waals surface area contributed by atoms with E-state index < -0.39 is 0 Å². The van der Waals surface area contributed by atoms with Crippen LogP contribution in [-0.4, -0.2) is 5.97 Å². The average Bonchev–Trinajstić information content (AvgIpc) is 2.67. The quantitative estimate of drug-likeness (QED) is 0.750. The standard InChI is InChI=1S/C14H8BrO2/c15-10-6-7-11-12(8-10)13(17-14(11)16)9-4-2-1-3-5-9/h1-8H. The molecule has 0 aliphatic carbocycles. The van der Waals surface area contributed by atoms with Crippen molar-refractivity contribution < 1.29 is 9.53 Å². The summed E-state index contributed by atoms with van der Waals surface area (Å²) in [5.74, 6) is -0.286. The minimum Gasteiger partial charge on any atom is -0.440 e. The molecule has 1 aliphatic rings. The molecule has 1 heterocycles. The van der Waals surface area contributed by atoms with Gasteiger partial charge in [-0.25, -0.2) is 4.79 Å². The van der Waals surface area contributed by atoms with Gasteiger partial charge in [0, 0.05) is 15.6 Å². The fourth-order valence-corrected chi connectivity index (χ4v) is 2.25. The van der Waals surface area contributed by atoms with Gasteiger partial charge in [0.05, 0.1) is 5.56 Å². The molecule has 0 saturated heterocycles. The SMILES string of the molecule is O=C1O[C](c2ccccc2)c2cc(Br)ccc21. The van der Waals surface area contributed by atoms with Gasteiger partial charge in [-0.3, -0.25) is 0 Å². The van der Waals surface area contributed by atoms with E-state index in [1.807, 2.05) is 42.5 Å². The van der Waals surface area contributed by atoms with Crippen LogP contribution in [-0.2, 0) is 4.74 Å². The third-order valence-corrected chi connectivity index (χ3v) is 3.17. The van der Waals surface area contributed by atoms with E-state index >= 15 is 0 Å². The van der Waals surface area contributed by atoms with Crippen molar-refractivity contribution in [3.05, 3.63) is 75.8 Å². The maximum absolute atomic E-state index is 11.7. The number of cyclic esters (lactones) is 1. The van der Waals surface area contributed by atoms with Crippen molar-refractivity contribution in [3.8, 4) is 0 Å². The second-order valence-electron chi connectivity index (χ2n) is 3.77. The van der Waals surface area contributed by atoms with Gasteiger partial charge in [0.2, 0.25) is 6.10 Å². The summed E-state index contributed by atoms with van der Waals surface area (Å²) in [5.41, 5.74) is 2.38. The lowest BCUT2D eigenvalue weighted by molar-refractivity contribution is 0.0619. The first-order valence-electron chi connectivity index (χ1n) is 5.20. The van der Waals surface area contributed by atoms with Crippen LogP contribution in [0.5, 0.6) is 0 Å².